The molecular weight excluding hydrogens is 522 g/mol. The molecular formula is C21H31F3IN5O. The molecule has 0 saturated heterocycles. The molecule has 0 aliphatic carbocycles. The van der Waals surface area contributed by atoms with E-state index in [1.165, 1.54) is 6.07 Å². The molecule has 0 aliphatic heterocycles. The number of halogens is 4. The van der Waals surface area contributed by atoms with Gasteiger partial charge in [-0.05, 0) is 56.9 Å². The zero-order valence-electron chi connectivity index (χ0n) is 18.5. The second kappa shape index (κ2) is 11.6. The number of guanidine groups is 1. The summed E-state index contributed by atoms with van der Waals surface area (Å²) in [5.41, 5.74) is -0.0369. The normalized spacial score (nSPS) is 12.3. The van der Waals surface area contributed by atoms with E-state index in [-0.39, 0.29) is 41.8 Å². The van der Waals surface area contributed by atoms with E-state index in [1.54, 1.807) is 38.6 Å². The van der Waals surface area contributed by atoms with E-state index in [2.05, 4.69) is 20.7 Å². The molecule has 0 spiro atoms. The second-order valence-corrected chi connectivity index (χ2v) is 8.01. The second-order valence-electron chi connectivity index (χ2n) is 8.01. The van der Waals surface area contributed by atoms with Gasteiger partial charge in [-0.3, -0.25) is 9.67 Å². The Morgan fingerprint density at radius 3 is 2.45 bits per heavy atom. The molecule has 1 aromatic carbocycles. The Morgan fingerprint density at radius 1 is 1.19 bits per heavy atom. The van der Waals surface area contributed by atoms with Crippen LogP contribution in [0.15, 0.2) is 35.6 Å². The van der Waals surface area contributed by atoms with Crippen LogP contribution in [-0.2, 0) is 26.2 Å². The van der Waals surface area contributed by atoms with Crippen LogP contribution >= 0.6 is 24.0 Å². The van der Waals surface area contributed by atoms with Gasteiger partial charge in [0.15, 0.2) is 5.96 Å². The van der Waals surface area contributed by atoms with Crippen molar-refractivity contribution in [2.45, 2.75) is 51.9 Å². The Balaban J connectivity index is 0.00000480. The van der Waals surface area contributed by atoms with Crippen LogP contribution in [0, 0.1) is 0 Å². The molecule has 1 heterocycles. The van der Waals surface area contributed by atoms with Crippen LogP contribution in [0.2, 0.25) is 0 Å². The molecule has 0 atom stereocenters. The van der Waals surface area contributed by atoms with Gasteiger partial charge in [-0.1, -0.05) is 6.07 Å². The van der Waals surface area contributed by atoms with Gasteiger partial charge < -0.3 is 15.4 Å². The van der Waals surface area contributed by atoms with E-state index in [4.69, 9.17) is 4.74 Å². The van der Waals surface area contributed by atoms with E-state index in [0.717, 1.165) is 24.5 Å². The first-order valence-corrected chi connectivity index (χ1v) is 9.79. The average molecular weight is 553 g/mol. The minimum absolute atomic E-state index is 0. The van der Waals surface area contributed by atoms with Crippen molar-refractivity contribution < 1.29 is 17.9 Å². The zero-order chi connectivity index (χ0) is 22.4. The summed E-state index contributed by atoms with van der Waals surface area (Å²) in [6.45, 7) is 6.01. The number of nitrogens with one attached hydrogen (secondary N) is 2. The first-order valence-electron chi connectivity index (χ1n) is 9.79. The summed E-state index contributed by atoms with van der Waals surface area (Å²) in [6, 6.07) is 4.04. The van der Waals surface area contributed by atoms with E-state index in [9.17, 15) is 13.2 Å². The van der Waals surface area contributed by atoms with Crippen molar-refractivity contribution in [2.75, 3.05) is 13.6 Å². The predicted molar refractivity (Wildman–Crippen MR) is 127 cm³/mol. The molecule has 0 fully saturated rings. The first-order chi connectivity index (χ1) is 14.0. The average Bonchev–Trinajstić information content (AvgIpc) is 3.05. The number of ether oxygens (including phenoxy) is 1. The first kappa shape index (κ1) is 27.1. The molecule has 6 nitrogen and oxygen atoms in total. The third-order valence-corrected chi connectivity index (χ3v) is 4.17. The van der Waals surface area contributed by atoms with Gasteiger partial charge >= 0.3 is 6.18 Å². The van der Waals surface area contributed by atoms with Crippen LogP contribution in [-0.4, -0.2) is 34.9 Å². The predicted octanol–water partition coefficient (Wildman–Crippen LogP) is 4.53. The van der Waals surface area contributed by atoms with Gasteiger partial charge in [0.2, 0.25) is 0 Å². The van der Waals surface area contributed by atoms with Gasteiger partial charge in [0, 0.05) is 33.4 Å². The molecule has 1 aromatic heterocycles. The fraction of sp³-hybridized carbons (Fsp3) is 0.524. The largest absolute Gasteiger partial charge is 0.488 e. The third-order valence-electron chi connectivity index (χ3n) is 4.17. The quantitative estimate of drug-likeness (QED) is 0.229. The summed E-state index contributed by atoms with van der Waals surface area (Å²) in [7, 11) is 3.45. The maximum absolute atomic E-state index is 13.5. The maximum atomic E-state index is 13.5. The van der Waals surface area contributed by atoms with Gasteiger partial charge in [-0.15, -0.1) is 24.0 Å². The van der Waals surface area contributed by atoms with Crippen molar-refractivity contribution in [3.05, 3.63) is 47.3 Å². The number of alkyl halides is 3. The van der Waals surface area contributed by atoms with Crippen molar-refractivity contribution in [3.8, 4) is 5.75 Å². The summed E-state index contributed by atoms with van der Waals surface area (Å²) >= 11 is 0. The number of hydrogen-bond acceptors (Lipinski definition) is 3. The molecule has 0 bridgehead atoms. The molecule has 10 heteroatoms. The fourth-order valence-electron chi connectivity index (χ4n) is 2.89. The van der Waals surface area contributed by atoms with Gasteiger partial charge in [-0.25, -0.2) is 0 Å². The van der Waals surface area contributed by atoms with E-state index in [1.807, 2.05) is 19.4 Å². The van der Waals surface area contributed by atoms with Crippen molar-refractivity contribution in [1.82, 2.24) is 20.4 Å². The lowest BCUT2D eigenvalue weighted by atomic mass is 10.1. The van der Waals surface area contributed by atoms with Crippen LogP contribution in [0.3, 0.4) is 0 Å². The van der Waals surface area contributed by atoms with Crippen molar-refractivity contribution in [1.29, 1.82) is 0 Å². The van der Waals surface area contributed by atoms with Crippen molar-refractivity contribution in [3.63, 3.8) is 0 Å². The molecule has 0 saturated carbocycles. The van der Waals surface area contributed by atoms with Crippen LogP contribution in [0.1, 0.15) is 43.9 Å². The molecule has 2 rings (SSSR count). The monoisotopic (exact) mass is 553 g/mol. The van der Waals surface area contributed by atoms with Crippen LogP contribution in [0.4, 0.5) is 13.2 Å². The van der Waals surface area contributed by atoms with Gasteiger partial charge in [0.1, 0.15) is 11.4 Å². The fourth-order valence-corrected chi connectivity index (χ4v) is 2.89. The highest BCUT2D eigenvalue weighted by molar-refractivity contribution is 14.0. The SMILES string of the molecule is CN=C(NCCCc1cnn(C)c1)NCc1ccc(OC(C)(C)C)cc1C(F)(F)F.I. The lowest BCUT2D eigenvalue weighted by Crippen LogP contribution is -2.37. The molecule has 0 aliphatic rings. The molecule has 0 unspecified atom stereocenters. The number of benzene rings is 1. The number of aryl methyl sites for hydroxylation is 2. The summed E-state index contributed by atoms with van der Waals surface area (Å²) < 4.78 is 48.0. The van der Waals surface area contributed by atoms with Gasteiger partial charge in [0.05, 0.1) is 11.8 Å². The summed E-state index contributed by atoms with van der Waals surface area (Å²) in [4.78, 5) is 4.08. The van der Waals surface area contributed by atoms with Crippen LogP contribution in [0.5, 0.6) is 5.75 Å². The molecule has 2 N–H and O–H groups in total. The smallest absolute Gasteiger partial charge is 0.416 e. The Kier molecular flexibility index (Phi) is 10.1. The van der Waals surface area contributed by atoms with Crippen molar-refractivity contribution >= 4 is 29.9 Å². The van der Waals surface area contributed by atoms with E-state index < -0.39 is 17.3 Å². The molecule has 0 amide bonds. The summed E-state index contributed by atoms with van der Waals surface area (Å²) in [6.07, 6.45) is 0.997. The van der Waals surface area contributed by atoms with Crippen LogP contribution in [0.25, 0.3) is 0 Å². The van der Waals surface area contributed by atoms with E-state index in [0.29, 0.717) is 12.5 Å². The number of aromatic nitrogens is 2. The highest BCUT2D eigenvalue weighted by atomic mass is 127. The third kappa shape index (κ3) is 9.36. The molecule has 31 heavy (non-hydrogen) atoms. The van der Waals surface area contributed by atoms with E-state index >= 15 is 0 Å². The van der Waals surface area contributed by atoms with Crippen molar-refractivity contribution in [2.24, 2.45) is 12.0 Å². The lowest BCUT2D eigenvalue weighted by Gasteiger charge is -2.23. The summed E-state index contributed by atoms with van der Waals surface area (Å²) in [5, 5.41) is 10.2. The maximum Gasteiger partial charge on any atom is 0.416 e. The summed E-state index contributed by atoms with van der Waals surface area (Å²) in [5.74, 6) is 0.640. The van der Waals surface area contributed by atoms with Crippen LogP contribution < -0.4 is 15.4 Å². The number of hydrogen-bond donors (Lipinski definition) is 2. The van der Waals surface area contributed by atoms with Gasteiger partial charge in [-0.2, -0.15) is 18.3 Å². The minimum atomic E-state index is -4.48. The standard InChI is InChI=1S/C21H30F3N5O.HI/c1-20(2,3)30-17-9-8-16(18(11-17)21(22,23)24)13-27-19(25-4)26-10-6-7-15-12-28-29(5)14-15;/h8-9,11-12,14H,6-7,10,13H2,1-5H3,(H2,25,26,27);1H. The minimum Gasteiger partial charge on any atom is -0.488 e. The number of rotatable bonds is 7. The number of nitrogens with zero attached hydrogens (tertiary/aromatic N) is 3. The number of aliphatic imine (C=N–C) groups is 1. The zero-order valence-corrected chi connectivity index (χ0v) is 20.8. The highest BCUT2D eigenvalue weighted by Crippen LogP contribution is 2.35. The topological polar surface area (TPSA) is 63.5 Å². The Morgan fingerprint density at radius 2 is 1.90 bits per heavy atom. The highest BCUT2D eigenvalue weighted by Gasteiger charge is 2.34. The molecule has 174 valence electrons. The Hall–Kier alpha value is -1.98. The Bertz CT molecular complexity index is 859. The Labute approximate surface area is 198 Å². The molecule has 2 aromatic rings. The molecule has 0 radical (unpaired) electrons. The lowest BCUT2D eigenvalue weighted by molar-refractivity contribution is -0.138. The van der Waals surface area contributed by atoms with Gasteiger partial charge in [0.25, 0.3) is 0 Å².